The fourth-order valence-corrected chi connectivity index (χ4v) is 5.20. The summed E-state index contributed by atoms with van der Waals surface area (Å²) in [7, 11) is 0. The van der Waals surface area contributed by atoms with Crippen molar-refractivity contribution in [1.29, 1.82) is 0 Å². The fourth-order valence-electron chi connectivity index (χ4n) is 3.81. The van der Waals surface area contributed by atoms with Crippen LogP contribution < -0.4 is 0 Å². The second-order valence-electron chi connectivity index (χ2n) is 7.32. The molecule has 0 aromatic heterocycles. The lowest BCUT2D eigenvalue weighted by atomic mass is 10.1. The third-order valence-corrected chi connectivity index (χ3v) is 6.66. The summed E-state index contributed by atoms with van der Waals surface area (Å²) in [5.41, 5.74) is 4.63. The lowest BCUT2D eigenvalue weighted by Crippen LogP contribution is -2.35. The average Bonchev–Trinajstić information content (AvgIpc) is 3.04. The minimum Gasteiger partial charge on any atom is -0.320 e. The van der Waals surface area contributed by atoms with Crippen LogP contribution in [0.2, 0.25) is 0 Å². The van der Waals surface area contributed by atoms with Gasteiger partial charge in [-0.15, -0.1) is 11.8 Å². The Kier molecular flexibility index (Phi) is 5.82. The largest absolute Gasteiger partial charge is 0.320 e. The number of nitrogens with zero attached hydrogens (tertiary/aromatic N) is 1. The molecule has 4 rings (SSSR count). The Labute approximate surface area is 171 Å². The molecule has 1 aliphatic heterocycles. The van der Waals surface area contributed by atoms with Crippen LogP contribution in [0.3, 0.4) is 0 Å². The van der Waals surface area contributed by atoms with Crippen LogP contribution in [0, 0.1) is 0 Å². The summed E-state index contributed by atoms with van der Waals surface area (Å²) in [5, 5.41) is 0.0784. The van der Waals surface area contributed by atoms with Crippen LogP contribution in [0.25, 0.3) is 0 Å². The molecule has 1 aliphatic rings. The van der Waals surface area contributed by atoms with Crippen molar-refractivity contribution in [2.75, 3.05) is 0 Å². The molecule has 0 saturated heterocycles. The van der Waals surface area contributed by atoms with E-state index in [0.29, 0.717) is 0 Å². The van der Waals surface area contributed by atoms with Gasteiger partial charge in [-0.1, -0.05) is 78.9 Å². The molecule has 2 nitrogen and oxygen atoms in total. The van der Waals surface area contributed by atoms with Crippen LogP contribution in [0.4, 0.5) is 0 Å². The van der Waals surface area contributed by atoms with Crippen LogP contribution in [0.1, 0.15) is 45.8 Å². The maximum atomic E-state index is 13.2. The Morgan fingerprint density at radius 1 is 0.857 bits per heavy atom. The summed E-state index contributed by atoms with van der Waals surface area (Å²) >= 11 is 1.85. The zero-order valence-corrected chi connectivity index (χ0v) is 16.9. The van der Waals surface area contributed by atoms with Crippen LogP contribution in [-0.4, -0.2) is 16.8 Å². The molecule has 1 amide bonds. The number of hydrogen-bond donors (Lipinski definition) is 0. The normalized spacial score (nSPS) is 16.8. The molecule has 0 saturated carbocycles. The van der Waals surface area contributed by atoms with E-state index in [4.69, 9.17) is 0 Å². The molecule has 0 unspecified atom stereocenters. The molecule has 0 bridgehead atoms. The first-order valence-corrected chi connectivity index (χ1v) is 10.9. The molecule has 3 heteroatoms. The lowest BCUT2D eigenvalue weighted by Gasteiger charge is -2.31. The van der Waals surface area contributed by atoms with Gasteiger partial charge in [0.1, 0.15) is 5.37 Å². The maximum Gasteiger partial charge on any atom is 0.255 e. The molecule has 0 fully saturated rings. The number of carbonyl (C=O) groups is 1. The van der Waals surface area contributed by atoms with Gasteiger partial charge in [-0.2, -0.15) is 0 Å². The summed E-state index contributed by atoms with van der Waals surface area (Å²) in [6.45, 7) is 2.18. The minimum atomic E-state index is 0.0784. The summed E-state index contributed by atoms with van der Waals surface area (Å²) < 4.78 is 0. The smallest absolute Gasteiger partial charge is 0.255 e. The maximum absolute atomic E-state index is 13.2. The van der Waals surface area contributed by atoms with Crippen molar-refractivity contribution in [2.24, 2.45) is 0 Å². The second-order valence-corrected chi connectivity index (χ2v) is 8.39. The Bertz CT molecular complexity index is 926. The van der Waals surface area contributed by atoms with Gasteiger partial charge in [-0.25, -0.2) is 0 Å². The first-order valence-electron chi connectivity index (χ1n) is 9.85. The third kappa shape index (κ3) is 4.00. The SMILES string of the molecule is C[C@H](CCc1ccccc1)N1C(=O)c2ccccc2[C@@H]1SCc1ccccc1. The number of fused-ring (bicyclic) bond motifs is 1. The molecule has 0 spiro atoms. The predicted octanol–water partition coefficient (Wildman–Crippen LogP) is 6.10. The minimum absolute atomic E-state index is 0.0784. The highest BCUT2D eigenvalue weighted by molar-refractivity contribution is 7.98. The van der Waals surface area contributed by atoms with Crippen LogP contribution in [0.15, 0.2) is 84.9 Å². The molecule has 28 heavy (non-hydrogen) atoms. The molecule has 2 atom stereocenters. The van der Waals surface area contributed by atoms with Crippen molar-refractivity contribution < 1.29 is 4.79 Å². The van der Waals surface area contributed by atoms with Crippen molar-refractivity contribution in [3.63, 3.8) is 0 Å². The molecule has 0 aliphatic carbocycles. The van der Waals surface area contributed by atoms with E-state index < -0.39 is 0 Å². The van der Waals surface area contributed by atoms with E-state index in [1.807, 2.05) is 42.1 Å². The van der Waals surface area contributed by atoms with Gasteiger partial charge in [0, 0.05) is 17.4 Å². The lowest BCUT2D eigenvalue weighted by molar-refractivity contribution is 0.0703. The van der Waals surface area contributed by atoms with E-state index in [-0.39, 0.29) is 17.3 Å². The van der Waals surface area contributed by atoms with E-state index >= 15 is 0 Å². The van der Waals surface area contributed by atoms with Crippen molar-refractivity contribution in [3.05, 3.63) is 107 Å². The summed E-state index contributed by atoms with van der Waals surface area (Å²) in [4.78, 5) is 15.3. The van der Waals surface area contributed by atoms with Gasteiger partial charge < -0.3 is 4.90 Å². The Morgan fingerprint density at radius 3 is 2.18 bits per heavy atom. The van der Waals surface area contributed by atoms with E-state index in [0.717, 1.165) is 29.7 Å². The van der Waals surface area contributed by atoms with E-state index in [2.05, 4.69) is 66.4 Å². The highest BCUT2D eigenvalue weighted by Gasteiger charge is 2.39. The molecular weight excluding hydrogens is 362 g/mol. The monoisotopic (exact) mass is 387 g/mol. The zero-order chi connectivity index (χ0) is 19.3. The zero-order valence-electron chi connectivity index (χ0n) is 16.1. The van der Waals surface area contributed by atoms with Gasteiger partial charge >= 0.3 is 0 Å². The van der Waals surface area contributed by atoms with Gasteiger partial charge in [0.25, 0.3) is 5.91 Å². The average molecular weight is 388 g/mol. The number of carbonyl (C=O) groups excluding carboxylic acids is 1. The number of hydrogen-bond acceptors (Lipinski definition) is 2. The molecule has 1 heterocycles. The standard InChI is InChI=1S/C25H25NOS/c1-19(16-17-20-10-4-2-5-11-20)26-24(27)22-14-8-9-15-23(22)25(26)28-18-21-12-6-3-7-13-21/h2-15,19,25H,16-18H2,1H3/t19-,25+/m1/s1. The molecule has 0 N–H and O–H groups in total. The molecule has 142 valence electrons. The van der Waals surface area contributed by atoms with Crippen LogP contribution >= 0.6 is 11.8 Å². The topological polar surface area (TPSA) is 20.3 Å². The molecule has 3 aromatic carbocycles. The van der Waals surface area contributed by atoms with Gasteiger partial charge in [-0.3, -0.25) is 4.79 Å². The van der Waals surface area contributed by atoms with Crippen LogP contribution in [-0.2, 0) is 12.2 Å². The molecule has 0 radical (unpaired) electrons. The Hall–Kier alpha value is -2.52. The van der Waals surface area contributed by atoms with Gasteiger partial charge in [0.15, 0.2) is 0 Å². The van der Waals surface area contributed by atoms with E-state index in [1.165, 1.54) is 11.1 Å². The van der Waals surface area contributed by atoms with Crippen molar-refractivity contribution in [1.82, 2.24) is 4.90 Å². The second kappa shape index (κ2) is 8.66. The number of aryl methyl sites for hydroxylation is 1. The third-order valence-electron chi connectivity index (χ3n) is 5.36. The van der Waals surface area contributed by atoms with Crippen LogP contribution in [0.5, 0.6) is 0 Å². The first-order chi connectivity index (χ1) is 13.7. The quantitative estimate of drug-likeness (QED) is 0.488. The number of rotatable bonds is 7. The predicted molar refractivity (Wildman–Crippen MR) is 117 cm³/mol. The molecular formula is C25H25NOS. The van der Waals surface area contributed by atoms with Crippen molar-refractivity contribution in [3.8, 4) is 0 Å². The summed E-state index contributed by atoms with van der Waals surface area (Å²) in [6.07, 6.45) is 1.95. The summed E-state index contributed by atoms with van der Waals surface area (Å²) in [5.74, 6) is 1.07. The first kappa shape index (κ1) is 18.8. The Balaban J connectivity index is 1.52. The van der Waals surface area contributed by atoms with Gasteiger partial charge in [0.05, 0.1) is 0 Å². The van der Waals surface area contributed by atoms with Gasteiger partial charge in [0.2, 0.25) is 0 Å². The van der Waals surface area contributed by atoms with E-state index in [9.17, 15) is 4.79 Å². The molecule has 3 aromatic rings. The number of amides is 1. The van der Waals surface area contributed by atoms with Crippen molar-refractivity contribution in [2.45, 2.75) is 36.9 Å². The van der Waals surface area contributed by atoms with Crippen molar-refractivity contribution >= 4 is 17.7 Å². The summed E-state index contributed by atoms with van der Waals surface area (Å²) in [6, 6.07) is 29.3. The Morgan fingerprint density at radius 2 is 1.46 bits per heavy atom. The fraction of sp³-hybridized carbons (Fsp3) is 0.240. The highest BCUT2D eigenvalue weighted by Crippen LogP contribution is 2.44. The van der Waals surface area contributed by atoms with E-state index in [1.54, 1.807) is 0 Å². The number of thioether (sulfide) groups is 1. The van der Waals surface area contributed by atoms with Gasteiger partial charge in [-0.05, 0) is 42.5 Å². The highest BCUT2D eigenvalue weighted by atomic mass is 32.2. The number of benzene rings is 3.